The van der Waals surface area contributed by atoms with E-state index in [4.69, 9.17) is 10.5 Å². The molecular weight excluding hydrogens is 290 g/mol. The second kappa shape index (κ2) is 7.95. The highest BCUT2D eigenvalue weighted by Gasteiger charge is 2.40. The van der Waals surface area contributed by atoms with Gasteiger partial charge in [0.1, 0.15) is 0 Å². The topological polar surface area (TPSA) is 67.6 Å². The van der Waals surface area contributed by atoms with Crippen molar-refractivity contribution >= 4 is 5.91 Å². The summed E-state index contributed by atoms with van der Waals surface area (Å²) in [5, 5.41) is 3.32. The number of carbonyl (C=O) groups is 1. The summed E-state index contributed by atoms with van der Waals surface area (Å²) < 4.78 is 5.53. The van der Waals surface area contributed by atoms with Crippen LogP contribution in [0.15, 0.2) is 0 Å². The molecule has 0 aromatic rings. The molecule has 3 N–H and O–H groups in total. The molecule has 2 atom stereocenters. The SMILES string of the molecule is NC[C@H]1CCC[C@H]1C(=O)NCC1(N2CCOCC2)CCCCC1. The van der Waals surface area contributed by atoms with Crippen molar-refractivity contribution < 1.29 is 9.53 Å². The first kappa shape index (κ1) is 17.2. The Morgan fingerprint density at radius 3 is 2.57 bits per heavy atom. The van der Waals surface area contributed by atoms with E-state index in [-0.39, 0.29) is 17.4 Å². The van der Waals surface area contributed by atoms with Gasteiger partial charge in [-0.3, -0.25) is 9.69 Å². The van der Waals surface area contributed by atoms with Crippen LogP contribution in [0.5, 0.6) is 0 Å². The summed E-state index contributed by atoms with van der Waals surface area (Å²) in [5.74, 6) is 0.780. The molecule has 23 heavy (non-hydrogen) atoms. The van der Waals surface area contributed by atoms with Crippen molar-refractivity contribution in [2.24, 2.45) is 17.6 Å². The molecule has 1 heterocycles. The van der Waals surface area contributed by atoms with Gasteiger partial charge >= 0.3 is 0 Å². The Balaban J connectivity index is 1.61. The minimum Gasteiger partial charge on any atom is -0.379 e. The van der Waals surface area contributed by atoms with Gasteiger partial charge < -0.3 is 15.8 Å². The van der Waals surface area contributed by atoms with Gasteiger partial charge in [0.2, 0.25) is 5.91 Å². The Hall–Kier alpha value is -0.650. The highest BCUT2D eigenvalue weighted by molar-refractivity contribution is 5.79. The fourth-order valence-electron chi connectivity index (χ4n) is 4.90. The number of hydrogen-bond donors (Lipinski definition) is 2. The molecule has 0 aromatic carbocycles. The second-order valence-electron chi connectivity index (χ2n) is 7.64. The largest absolute Gasteiger partial charge is 0.379 e. The van der Waals surface area contributed by atoms with Gasteiger partial charge in [-0.1, -0.05) is 25.7 Å². The average molecular weight is 323 g/mol. The first-order chi connectivity index (χ1) is 11.2. The summed E-state index contributed by atoms with van der Waals surface area (Å²) in [6.07, 6.45) is 9.58. The van der Waals surface area contributed by atoms with Gasteiger partial charge in [0.05, 0.1) is 13.2 Å². The Kier molecular flexibility index (Phi) is 5.94. The Labute approximate surface area is 140 Å². The molecular formula is C18H33N3O2. The van der Waals surface area contributed by atoms with E-state index in [0.717, 1.165) is 52.1 Å². The van der Waals surface area contributed by atoms with Gasteiger partial charge in [-0.05, 0) is 38.1 Å². The smallest absolute Gasteiger partial charge is 0.223 e. The fourth-order valence-corrected chi connectivity index (χ4v) is 4.90. The van der Waals surface area contributed by atoms with Crippen molar-refractivity contribution in [3.05, 3.63) is 0 Å². The van der Waals surface area contributed by atoms with E-state index in [2.05, 4.69) is 10.2 Å². The van der Waals surface area contributed by atoms with E-state index in [1.54, 1.807) is 0 Å². The number of morpholine rings is 1. The monoisotopic (exact) mass is 323 g/mol. The molecule has 1 amide bonds. The molecule has 3 aliphatic rings. The zero-order valence-corrected chi connectivity index (χ0v) is 14.4. The maximum atomic E-state index is 12.7. The lowest BCUT2D eigenvalue weighted by Gasteiger charge is -2.48. The number of hydrogen-bond acceptors (Lipinski definition) is 4. The van der Waals surface area contributed by atoms with Crippen LogP contribution in [0.25, 0.3) is 0 Å². The molecule has 3 fully saturated rings. The van der Waals surface area contributed by atoms with Crippen molar-refractivity contribution in [1.29, 1.82) is 0 Å². The molecule has 2 aliphatic carbocycles. The molecule has 1 saturated heterocycles. The van der Waals surface area contributed by atoms with Crippen LogP contribution in [0, 0.1) is 11.8 Å². The first-order valence-corrected chi connectivity index (χ1v) is 9.56. The minimum atomic E-state index is 0.144. The Morgan fingerprint density at radius 1 is 1.13 bits per heavy atom. The van der Waals surface area contributed by atoms with Crippen LogP contribution >= 0.6 is 0 Å². The molecule has 132 valence electrons. The number of carbonyl (C=O) groups excluding carboxylic acids is 1. The van der Waals surface area contributed by atoms with E-state index < -0.39 is 0 Å². The van der Waals surface area contributed by atoms with E-state index in [1.165, 1.54) is 32.1 Å². The third-order valence-electron chi connectivity index (χ3n) is 6.36. The highest BCUT2D eigenvalue weighted by Crippen LogP contribution is 2.35. The molecule has 3 rings (SSSR count). The van der Waals surface area contributed by atoms with Crippen molar-refractivity contribution in [3.63, 3.8) is 0 Å². The lowest BCUT2D eigenvalue weighted by molar-refractivity contribution is -0.127. The number of amides is 1. The van der Waals surface area contributed by atoms with Crippen LogP contribution in [0.3, 0.4) is 0 Å². The van der Waals surface area contributed by atoms with Crippen molar-refractivity contribution in [2.75, 3.05) is 39.4 Å². The number of ether oxygens (including phenoxy) is 1. The average Bonchev–Trinajstić information content (AvgIpc) is 3.10. The maximum absolute atomic E-state index is 12.7. The van der Waals surface area contributed by atoms with Gasteiger partial charge in [0.15, 0.2) is 0 Å². The van der Waals surface area contributed by atoms with Gasteiger partial charge in [-0.25, -0.2) is 0 Å². The molecule has 2 saturated carbocycles. The zero-order chi connectivity index (χ0) is 16.1. The summed E-state index contributed by atoms with van der Waals surface area (Å²) in [4.78, 5) is 15.3. The maximum Gasteiger partial charge on any atom is 0.223 e. The van der Waals surface area contributed by atoms with Crippen molar-refractivity contribution in [3.8, 4) is 0 Å². The van der Waals surface area contributed by atoms with Crippen LogP contribution in [0.1, 0.15) is 51.4 Å². The van der Waals surface area contributed by atoms with Crippen LogP contribution in [0.4, 0.5) is 0 Å². The third-order valence-corrected chi connectivity index (χ3v) is 6.36. The summed E-state index contributed by atoms with van der Waals surface area (Å²) in [7, 11) is 0. The van der Waals surface area contributed by atoms with Gasteiger partial charge in [-0.15, -0.1) is 0 Å². The molecule has 1 aliphatic heterocycles. The van der Waals surface area contributed by atoms with Crippen molar-refractivity contribution in [1.82, 2.24) is 10.2 Å². The van der Waals surface area contributed by atoms with Crippen LogP contribution in [-0.4, -0.2) is 55.7 Å². The number of rotatable bonds is 5. The molecule has 0 aromatic heterocycles. The standard InChI is InChI=1S/C18H33N3O2/c19-13-15-5-4-6-16(15)17(22)20-14-18(7-2-1-3-8-18)21-9-11-23-12-10-21/h15-16H,1-14,19H2,(H,20,22)/t15-,16-/m1/s1. The summed E-state index contributed by atoms with van der Waals surface area (Å²) in [5.41, 5.74) is 6.00. The lowest BCUT2D eigenvalue weighted by Crippen LogP contribution is -2.60. The summed E-state index contributed by atoms with van der Waals surface area (Å²) in [6, 6.07) is 0. The van der Waals surface area contributed by atoms with Crippen LogP contribution < -0.4 is 11.1 Å². The van der Waals surface area contributed by atoms with E-state index in [9.17, 15) is 4.79 Å². The quantitative estimate of drug-likeness (QED) is 0.805. The minimum absolute atomic E-state index is 0.144. The van der Waals surface area contributed by atoms with E-state index in [1.807, 2.05) is 0 Å². The zero-order valence-electron chi connectivity index (χ0n) is 14.4. The van der Waals surface area contributed by atoms with Crippen LogP contribution in [-0.2, 0) is 9.53 Å². The number of nitrogens with two attached hydrogens (primary N) is 1. The van der Waals surface area contributed by atoms with Gasteiger partial charge in [0.25, 0.3) is 0 Å². The van der Waals surface area contributed by atoms with Crippen LogP contribution in [0.2, 0.25) is 0 Å². The second-order valence-corrected chi connectivity index (χ2v) is 7.64. The molecule has 5 heteroatoms. The molecule has 0 radical (unpaired) electrons. The van der Waals surface area contributed by atoms with E-state index in [0.29, 0.717) is 12.5 Å². The Morgan fingerprint density at radius 2 is 1.87 bits per heavy atom. The molecule has 0 spiro atoms. The number of nitrogens with zero attached hydrogens (tertiary/aromatic N) is 1. The third kappa shape index (κ3) is 3.89. The predicted octanol–water partition coefficient (Wildman–Crippen LogP) is 1.51. The van der Waals surface area contributed by atoms with Crippen molar-refractivity contribution in [2.45, 2.75) is 56.9 Å². The lowest BCUT2D eigenvalue weighted by atomic mass is 9.79. The first-order valence-electron chi connectivity index (χ1n) is 9.56. The highest BCUT2D eigenvalue weighted by atomic mass is 16.5. The molecule has 0 bridgehead atoms. The fraction of sp³-hybridized carbons (Fsp3) is 0.944. The number of nitrogens with one attached hydrogen (secondary N) is 1. The summed E-state index contributed by atoms with van der Waals surface area (Å²) in [6.45, 7) is 5.11. The van der Waals surface area contributed by atoms with Gasteiger partial charge in [0, 0.05) is 31.1 Å². The van der Waals surface area contributed by atoms with E-state index >= 15 is 0 Å². The Bertz CT molecular complexity index is 390. The normalized spacial score (nSPS) is 31.9. The van der Waals surface area contributed by atoms with Gasteiger partial charge in [-0.2, -0.15) is 0 Å². The molecule has 0 unspecified atom stereocenters. The summed E-state index contributed by atoms with van der Waals surface area (Å²) >= 11 is 0. The molecule has 5 nitrogen and oxygen atoms in total. The predicted molar refractivity (Wildman–Crippen MR) is 91.1 cm³/mol.